The average Bonchev–Trinajstić information content (AvgIpc) is 2.54. The standard InChI is InChI=1S/C18H18F2N2O2/c1-11(2)24-15-7-4-13(5-8-15)18(23)22-21-12(3)16-10-14(19)6-9-17(16)20/h4-11H,1-3H3,(H,22,23)/b21-12-. The summed E-state index contributed by atoms with van der Waals surface area (Å²) in [5, 5.41) is 3.82. The molecular weight excluding hydrogens is 314 g/mol. The molecule has 2 aromatic carbocycles. The van der Waals surface area contributed by atoms with Gasteiger partial charge in [-0.05, 0) is 63.2 Å². The number of benzene rings is 2. The second-order valence-corrected chi connectivity index (χ2v) is 5.45. The number of ether oxygens (including phenoxy) is 1. The molecule has 0 aliphatic carbocycles. The first-order valence-corrected chi connectivity index (χ1v) is 7.43. The van der Waals surface area contributed by atoms with Gasteiger partial charge in [0.1, 0.15) is 17.4 Å². The molecule has 6 heteroatoms. The quantitative estimate of drug-likeness (QED) is 0.667. The fraction of sp³-hybridized carbons (Fsp3) is 0.222. The van der Waals surface area contributed by atoms with Crippen LogP contribution in [0.2, 0.25) is 0 Å². The van der Waals surface area contributed by atoms with Gasteiger partial charge in [-0.25, -0.2) is 14.2 Å². The number of hydrazone groups is 1. The smallest absolute Gasteiger partial charge is 0.271 e. The third kappa shape index (κ3) is 4.62. The van der Waals surface area contributed by atoms with E-state index in [4.69, 9.17) is 4.74 Å². The summed E-state index contributed by atoms with van der Waals surface area (Å²) in [5.74, 6) is -0.986. The molecule has 0 unspecified atom stereocenters. The second kappa shape index (κ2) is 7.68. The highest BCUT2D eigenvalue weighted by Gasteiger charge is 2.09. The predicted octanol–water partition coefficient (Wildman–Crippen LogP) is 3.91. The summed E-state index contributed by atoms with van der Waals surface area (Å²) in [4.78, 5) is 12.0. The first-order valence-electron chi connectivity index (χ1n) is 7.43. The summed E-state index contributed by atoms with van der Waals surface area (Å²) in [6.07, 6.45) is 0.0399. The fourth-order valence-electron chi connectivity index (χ4n) is 1.99. The maximum absolute atomic E-state index is 13.6. The number of hydrogen-bond acceptors (Lipinski definition) is 3. The number of amides is 1. The molecule has 0 fully saturated rings. The van der Waals surface area contributed by atoms with Crippen molar-refractivity contribution >= 4 is 11.6 Å². The van der Waals surface area contributed by atoms with Crippen molar-refractivity contribution in [2.24, 2.45) is 5.10 Å². The fourth-order valence-corrected chi connectivity index (χ4v) is 1.99. The zero-order chi connectivity index (χ0) is 17.7. The zero-order valence-electron chi connectivity index (χ0n) is 13.6. The predicted molar refractivity (Wildman–Crippen MR) is 88.2 cm³/mol. The Labute approximate surface area is 139 Å². The highest BCUT2D eigenvalue weighted by molar-refractivity contribution is 6.01. The minimum absolute atomic E-state index is 0.00372. The van der Waals surface area contributed by atoms with E-state index in [9.17, 15) is 13.6 Å². The Morgan fingerprint density at radius 3 is 2.42 bits per heavy atom. The van der Waals surface area contributed by atoms with Crippen LogP contribution in [-0.4, -0.2) is 17.7 Å². The maximum Gasteiger partial charge on any atom is 0.271 e. The van der Waals surface area contributed by atoms with Gasteiger partial charge in [0.25, 0.3) is 5.91 Å². The molecule has 0 aliphatic heterocycles. The van der Waals surface area contributed by atoms with E-state index < -0.39 is 17.5 Å². The van der Waals surface area contributed by atoms with Crippen molar-refractivity contribution in [2.45, 2.75) is 26.9 Å². The highest BCUT2D eigenvalue weighted by atomic mass is 19.1. The molecule has 0 aliphatic rings. The Balaban J connectivity index is 2.07. The van der Waals surface area contributed by atoms with Crippen LogP contribution in [0.4, 0.5) is 8.78 Å². The van der Waals surface area contributed by atoms with Gasteiger partial charge in [0, 0.05) is 11.1 Å². The lowest BCUT2D eigenvalue weighted by molar-refractivity contribution is 0.0955. The SMILES string of the molecule is C/C(=N/NC(=O)c1ccc(OC(C)C)cc1)c1cc(F)ccc1F. The van der Waals surface area contributed by atoms with E-state index in [2.05, 4.69) is 10.5 Å². The zero-order valence-corrected chi connectivity index (χ0v) is 13.6. The lowest BCUT2D eigenvalue weighted by atomic mass is 10.1. The Kier molecular flexibility index (Phi) is 5.63. The monoisotopic (exact) mass is 332 g/mol. The summed E-state index contributed by atoms with van der Waals surface area (Å²) in [5.41, 5.74) is 2.86. The van der Waals surface area contributed by atoms with Crippen LogP contribution in [0, 0.1) is 11.6 Å². The van der Waals surface area contributed by atoms with E-state index >= 15 is 0 Å². The number of carbonyl (C=O) groups excluding carboxylic acids is 1. The summed E-state index contributed by atoms with van der Waals surface area (Å²) >= 11 is 0. The first kappa shape index (κ1) is 17.6. The topological polar surface area (TPSA) is 50.7 Å². The van der Waals surface area contributed by atoms with Gasteiger partial charge in [-0.15, -0.1) is 0 Å². The van der Waals surface area contributed by atoms with Crippen molar-refractivity contribution in [3.63, 3.8) is 0 Å². The minimum Gasteiger partial charge on any atom is -0.491 e. The molecule has 0 aromatic heterocycles. The molecule has 1 amide bonds. The number of carbonyl (C=O) groups is 1. The van der Waals surface area contributed by atoms with E-state index in [0.717, 1.165) is 18.2 Å². The lowest BCUT2D eigenvalue weighted by Gasteiger charge is -2.09. The Bertz CT molecular complexity index is 756. The van der Waals surface area contributed by atoms with Gasteiger partial charge >= 0.3 is 0 Å². The van der Waals surface area contributed by atoms with Gasteiger partial charge in [0.2, 0.25) is 0 Å². The van der Waals surface area contributed by atoms with Gasteiger partial charge in [-0.3, -0.25) is 4.79 Å². The van der Waals surface area contributed by atoms with Crippen molar-refractivity contribution in [2.75, 3.05) is 0 Å². The summed E-state index contributed by atoms with van der Waals surface area (Å²) in [7, 11) is 0. The van der Waals surface area contributed by atoms with Crippen molar-refractivity contribution in [3.05, 3.63) is 65.2 Å². The van der Waals surface area contributed by atoms with Crippen molar-refractivity contribution < 1.29 is 18.3 Å². The second-order valence-electron chi connectivity index (χ2n) is 5.45. The average molecular weight is 332 g/mol. The highest BCUT2D eigenvalue weighted by Crippen LogP contribution is 2.14. The maximum atomic E-state index is 13.6. The molecular formula is C18H18F2N2O2. The molecule has 0 saturated heterocycles. The molecule has 2 rings (SSSR count). The number of rotatable bonds is 5. The van der Waals surface area contributed by atoms with Gasteiger partial charge in [-0.2, -0.15) is 5.10 Å². The molecule has 126 valence electrons. The van der Waals surface area contributed by atoms with Crippen LogP contribution >= 0.6 is 0 Å². The lowest BCUT2D eigenvalue weighted by Crippen LogP contribution is -2.19. The molecule has 0 spiro atoms. The Morgan fingerprint density at radius 2 is 1.79 bits per heavy atom. The van der Waals surface area contributed by atoms with Gasteiger partial charge in [0.15, 0.2) is 0 Å². The summed E-state index contributed by atoms with van der Waals surface area (Å²) < 4.78 is 32.3. The summed E-state index contributed by atoms with van der Waals surface area (Å²) in [6.45, 7) is 5.30. The van der Waals surface area contributed by atoms with E-state index in [1.165, 1.54) is 6.92 Å². The molecule has 4 nitrogen and oxygen atoms in total. The normalized spacial score (nSPS) is 11.5. The van der Waals surface area contributed by atoms with E-state index in [0.29, 0.717) is 11.3 Å². The number of nitrogens with one attached hydrogen (secondary N) is 1. The van der Waals surface area contributed by atoms with Crippen LogP contribution in [-0.2, 0) is 0 Å². The summed E-state index contributed by atoms with van der Waals surface area (Å²) in [6, 6.07) is 9.61. The molecule has 0 heterocycles. The van der Waals surface area contributed by atoms with E-state index in [1.54, 1.807) is 24.3 Å². The third-order valence-corrected chi connectivity index (χ3v) is 3.13. The Morgan fingerprint density at radius 1 is 1.12 bits per heavy atom. The van der Waals surface area contributed by atoms with E-state index in [-0.39, 0.29) is 17.4 Å². The molecule has 2 aromatic rings. The molecule has 0 saturated carbocycles. The van der Waals surface area contributed by atoms with Gasteiger partial charge < -0.3 is 4.74 Å². The third-order valence-electron chi connectivity index (χ3n) is 3.13. The van der Waals surface area contributed by atoms with Gasteiger partial charge in [0.05, 0.1) is 11.8 Å². The first-order chi connectivity index (χ1) is 11.4. The number of hydrogen-bond donors (Lipinski definition) is 1. The largest absolute Gasteiger partial charge is 0.491 e. The molecule has 0 bridgehead atoms. The number of halogens is 2. The van der Waals surface area contributed by atoms with Crippen molar-refractivity contribution in [3.8, 4) is 5.75 Å². The van der Waals surface area contributed by atoms with Crippen LogP contribution in [0.1, 0.15) is 36.7 Å². The molecule has 0 atom stereocenters. The molecule has 0 radical (unpaired) electrons. The van der Waals surface area contributed by atoms with Crippen LogP contribution in [0.3, 0.4) is 0 Å². The van der Waals surface area contributed by atoms with Crippen LogP contribution in [0.5, 0.6) is 5.75 Å². The molecule has 1 N–H and O–H groups in total. The van der Waals surface area contributed by atoms with Crippen LogP contribution < -0.4 is 10.2 Å². The van der Waals surface area contributed by atoms with Gasteiger partial charge in [-0.1, -0.05) is 0 Å². The van der Waals surface area contributed by atoms with Crippen LogP contribution in [0.25, 0.3) is 0 Å². The minimum atomic E-state index is -0.609. The van der Waals surface area contributed by atoms with Crippen molar-refractivity contribution in [1.82, 2.24) is 5.43 Å². The van der Waals surface area contributed by atoms with E-state index in [1.807, 2.05) is 13.8 Å². The van der Waals surface area contributed by atoms with Crippen LogP contribution in [0.15, 0.2) is 47.6 Å². The number of nitrogens with zero attached hydrogens (tertiary/aromatic N) is 1. The Hall–Kier alpha value is -2.76. The molecule has 24 heavy (non-hydrogen) atoms. The van der Waals surface area contributed by atoms with Crippen molar-refractivity contribution in [1.29, 1.82) is 0 Å².